The number of benzene rings is 3. The first-order valence-corrected chi connectivity index (χ1v) is 13.4. The minimum Gasteiger partial charge on any atom is -0.488 e. The molecule has 0 aliphatic heterocycles. The van der Waals surface area contributed by atoms with Crippen LogP contribution >= 0.6 is 34.5 Å². The van der Waals surface area contributed by atoms with Crippen molar-refractivity contribution in [2.24, 2.45) is 4.99 Å². The second kappa shape index (κ2) is 11.3. The Hall–Kier alpha value is -3.12. The maximum Gasteiger partial charge on any atom is 0.259 e. The molecule has 1 heterocycles. The third kappa shape index (κ3) is 5.81. The van der Waals surface area contributed by atoms with Gasteiger partial charge in [-0.25, -0.2) is 4.99 Å². The van der Waals surface area contributed by atoms with Gasteiger partial charge in [0.25, 0.3) is 5.91 Å². The molecule has 4 aromatic rings. The molecule has 0 fully saturated rings. The van der Waals surface area contributed by atoms with E-state index in [0.717, 1.165) is 48.1 Å². The summed E-state index contributed by atoms with van der Waals surface area (Å²) in [6, 6.07) is 22.5. The van der Waals surface area contributed by atoms with Gasteiger partial charge >= 0.3 is 0 Å². The first-order valence-electron chi connectivity index (χ1n) is 11.8. The number of thiophene rings is 1. The molecular weight excluding hydrogens is 511 g/mol. The maximum atomic E-state index is 13.4. The Bertz CT molecular complexity index is 1420. The molecular formula is C29H24Cl2N2O2S. The van der Waals surface area contributed by atoms with Crippen molar-refractivity contribution in [2.75, 3.05) is 5.32 Å². The molecule has 4 nitrogen and oxygen atoms in total. The zero-order valence-corrected chi connectivity index (χ0v) is 21.8. The fourth-order valence-electron chi connectivity index (χ4n) is 4.26. The second-order valence-corrected chi connectivity index (χ2v) is 10.5. The summed E-state index contributed by atoms with van der Waals surface area (Å²) in [4.78, 5) is 19.4. The Morgan fingerprint density at radius 2 is 1.78 bits per heavy atom. The summed E-state index contributed by atoms with van der Waals surface area (Å²) >= 11 is 14.0. The Kier molecular flexibility index (Phi) is 7.71. The van der Waals surface area contributed by atoms with Crippen molar-refractivity contribution in [1.82, 2.24) is 0 Å². The highest BCUT2D eigenvalue weighted by atomic mass is 35.5. The van der Waals surface area contributed by atoms with Crippen LogP contribution in [0.15, 0.2) is 77.8 Å². The zero-order chi connectivity index (χ0) is 24.9. The van der Waals surface area contributed by atoms with Crippen LogP contribution in [0.25, 0.3) is 0 Å². The number of hydrogen-bond donors (Lipinski definition) is 1. The second-order valence-electron chi connectivity index (χ2n) is 8.57. The standard InChI is InChI=1S/C29H24Cl2N2O2S/c30-21-8-6-7-19(15-21)18-35-25-14-13-22(31)16-20(25)17-32-29-27(24-11-4-5-12-26(24)36-29)28(34)33-23-9-2-1-3-10-23/h1-3,6-10,13-17H,4-5,11-12,18H2,(H,33,34). The Labute approximate surface area is 224 Å². The summed E-state index contributed by atoms with van der Waals surface area (Å²) in [6.45, 7) is 0.362. The number of para-hydroxylation sites is 1. The van der Waals surface area contributed by atoms with Crippen LogP contribution in [0.1, 0.15) is 44.8 Å². The van der Waals surface area contributed by atoms with Crippen LogP contribution in [0.2, 0.25) is 10.0 Å². The van der Waals surface area contributed by atoms with Crippen LogP contribution in [0.4, 0.5) is 10.7 Å². The molecule has 36 heavy (non-hydrogen) atoms. The molecule has 0 radical (unpaired) electrons. The van der Waals surface area contributed by atoms with E-state index in [0.29, 0.717) is 33.0 Å². The van der Waals surface area contributed by atoms with Crippen LogP contribution in [0.3, 0.4) is 0 Å². The Balaban J connectivity index is 1.44. The number of hydrogen-bond acceptors (Lipinski definition) is 4. The number of ether oxygens (including phenoxy) is 1. The van der Waals surface area contributed by atoms with Gasteiger partial charge in [0.05, 0.1) is 5.56 Å². The zero-order valence-electron chi connectivity index (χ0n) is 19.5. The van der Waals surface area contributed by atoms with Gasteiger partial charge in [0.15, 0.2) is 0 Å². The number of aliphatic imine (C=N–C) groups is 1. The van der Waals surface area contributed by atoms with Gasteiger partial charge < -0.3 is 10.1 Å². The highest BCUT2D eigenvalue weighted by molar-refractivity contribution is 7.16. The van der Waals surface area contributed by atoms with E-state index in [4.69, 9.17) is 32.9 Å². The fraction of sp³-hybridized carbons (Fsp3) is 0.172. The average molecular weight is 535 g/mol. The molecule has 0 unspecified atom stereocenters. The van der Waals surface area contributed by atoms with Crippen LogP contribution in [-0.2, 0) is 19.4 Å². The lowest BCUT2D eigenvalue weighted by molar-refractivity contribution is 0.102. The lowest BCUT2D eigenvalue weighted by Crippen LogP contribution is -2.14. The topological polar surface area (TPSA) is 50.7 Å². The molecule has 7 heteroatoms. The predicted octanol–water partition coefficient (Wildman–Crippen LogP) is 8.52. The number of anilines is 1. The lowest BCUT2D eigenvalue weighted by atomic mass is 9.95. The van der Waals surface area contributed by atoms with Gasteiger partial charge in [-0.1, -0.05) is 53.5 Å². The van der Waals surface area contributed by atoms with Crippen LogP contribution < -0.4 is 10.1 Å². The van der Waals surface area contributed by atoms with E-state index >= 15 is 0 Å². The molecule has 1 aliphatic carbocycles. The van der Waals surface area contributed by atoms with Gasteiger partial charge in [0, 0.05) is 32.4 Å². The first-order chi connectivity index (χ1) is 17.6. The highest BCUT2D eigenvalue weighted by Crippen LogP contribution is 2.40. The molecule has 1 aliphatic rings. The molecule has 0 saturated carbocycles. The maximum absolute atomic E-state index is 13.4. The van der Waals surface area contributed by atoms with E-state index < -0.39 is 0 Å². The molecule has 5 rings (SSSR count). The Morgan fingerprint density at radius 1 is 0.972 bits per heavy atom. The third-order valence-corrected chi connectivity index (χ3v) is 7.66. The van der Waals surface area contributed by atoms with E-state index in [1.165, 1.54) is 4.88 Å². The normalized spacial score (nSPS) is 12.9. The van der Waals surface area contributed by atoms with Crippen LogP contribution in [-0.4, -0.2) is 12.1 Å². The van der Waals surface area contributed by atoms with Gasteiger partial charge in [0.1, 0.15) is 17.4 Å². The van der Waals surface area contributed by atoms with E-state index in [1.807, 2.05) is 66.7 Å². The minimum absolute atomic E-state index is 0.128. The van der Waals surface area contributed by atoms with E-state index in [9.17, 15) is 4.79 Å². The predicted molar refractivity (Wildman–Crippen MR) is 150 cm³/mol. The number of halogens is 2. The van der Waals surface area contributed by atoms with Gasteiger partial charge in [-0.15, -0.1) is 11.3 Å². The molecule has 182 valence electrons. The minimum atomic E-state index is -0.128. The third-order valence-electron chi connectivity index (χ3n) is 5.99. The van der Waals surface area contributed by atoms with Gasteiger partial charge in [-0.3, -0.25) is 4.79 Å². The van der Waals surface area contributed by atoms with Gasteiger partial charge in [-0.05, 0) is 79.3 Å². The molecule has 0 bridgehead atoms. The summed E-state index contributed by atoms with van der Waals surface area (Å²) in [7, 11) is 0. The van der Waals surface area contributed by atoms with Crippen LogP contribution in [0.5, 0.6) is 5.75 Å². The van der Waals surface area contributed by atoms with Crippen LogP contribution in [0, 0.1) is 0 Å². The highest BCUT2D eigenvalue weighted by Gasteiger charge is 2.25. The number of amides is 1. The van der Waals surface area contributed by atoms with Gasteiger partial charge in [0.2, 0.25) is 0 Å². The number of nitrogens with zero attached hydrogens (tertiary/aromatic N) is 1. The average Bonchev–Trinajstić information content (AvgIpc) is 3.26. The Morgan fingerprint density at radius 3 is 2.61 bits per heavy atom. The number of carbonyl (C=O) groups is 1. The van der Waals surface area contributed by atoms with Crippen molar-refractivity contribution in [2.45, 2.75) is 32.3 Å². The molecule has 0 saturated heterocycles. The summed E-state index contributed by atoms with van der Waals surface area (Å²) in [5.74, 6) is 0.524. The first kappa shape index (κ1) is 24.6. The summed E-state index contributed by atoms with van der Waals surface area (Å²) in [6.07, 6.45) is 5.81. The number of nitrogens with one attached hydrogen (secondary N) is 1. The summed E-state index contributed by atoms with van der Waals surface area (Å²) in [5.41, 5.74) is 4.25. The lowest BCUT2D eigenvalue weighted by Gasteiger charge is -2.13. The fourth-order valence-corrected chi connectivity index (χ4v) is 5.88. The van der Waals surface area contributed by atoms with Crippen molar-refractivity contribution in [3.63, 3.8) is 0 Å². The smallest absolute Gasteiger partial charge is 0.259 e. The number of aryl methyl sites for hydroxylation is 1. The molecule has 1 N–H and O–H groups in total. The van der Waals surface area contributed by atoms with E-state index in [2.05, 4.69) is 5.32 Å². The quantitative estimate of drug-likeness (QED) is 0.241. The van der Waals surface area contributed by atoms with Crippen molar-refractivity contribution in [3.05, 3.63) is 110 Å². The number of rotatable bonds is 7. The van der Waals surface area contributed by atoms with E-state index in [-0.39, 0.29) is 5.91 Å². The molecule has 0 atom stereocenters. The van der Waals surface area contributed by atoms with Crippen molar-refractivity contribution in [3.8, 4) is 5.75 Å². The summed E-state index contributed by atoms with van der Waals surface area (Å²) in [5, 5.41) is 4.98. The van der Waals surface area contributed by atoms with Crippen molar-refractivity contribution >= 4 is 57.3 Å². The largest absolute Gasteiger partial charge is 0.488 e. The molecule has 1 amide bonds. The summed E-state index contributed by atoms with van der Waals surface area (Å²) < 4.78 is 6.08. The van der Waals surface area contributed by atoms with E-state index in [1.54, 1.807) is 23.6 Å². The molecule has 0 spiro atoms. The monoisotopic (exact) mass is 534 g/mol. The number of carbonyl (C=O) groups excluding carboxylic acids is 1. The van der Waals surface area contributed by atoms with Gasteiger partial charge in [-0.2, -0.15) is 0 Å². The van der Waals surface area contributed by atoms with Crippen molar-refractivity contribution < 1.29 is 9.53 Å². The van der Waals surface area contributed by atoms with Crippen molar-refractivity contribution in [1.29, 1.82) is 0 Å². The number of fused-ring (bicyclic) bond motifs is 1. The molecule has 3 aromatic carbocycles. The molecule has 1 aromatic heterocycles. The SMILES string of the molecule is O=C(Nc1ccccc1)c1c(N=Cc2cc(Cl)ccc2OCc2cccc(Cl)c2)sc2c1CCCC2.